The van der Waals surface area contributed by atoms with Crippen LogP contribution in [0.4, 0.5) is 0 Å². The van der Waals surface area contributed by atoms with Gasteiger partial charge in [0, 0.05) is 32.6 Å². The second kappa shape index (κ2) is 7.42. The van der Waals surface area contributed by atoms with E-state index >= 15 is 0 Å². The van der Waals surface area contributed by atoms with Crippen LogP contribution in [-0.2, 0) is 23.0 Å². The summed E-state index contributed by atoms with van der Waals surface area (Å²) in [4.78, 5) is 6.84. The predicted molar refractivity (Wildman–Crippen MR) is 88.8 cm³/mol. The van der Waals surface area contributed by atoms with E-state index in [0.717, 1.165) is 18.7 Å². The molecule has 1 fully saturated rings. The fourth-order valence-corrected chi connectivity index (χ4v) is 4.18. The van der Waals surface area contributed by atoms with Gasteiger partial charge in [-0.2, -0.15) is 9.29 Å². The lowest BCUT2D eigenvalue weighted by molar-refractivity contribution is 0.163. The number of hydrogen-bond donors (Lipinski definition) is 0. The van der Waals surface area contributed by atoms with E-state index in [4.69, 9.17) is 4.52 Å². The number of aromatic nitrogens is 2. The summed E-state index contributed by atoms with van der Waals surface area (Å²) in [6, 6.07) is 8.57. The molecule has 0 spiro atoms. The molecule has 0 amide bonds. The molecule has 1 saturated heterocycles. The highest BCUT2D eigenvalue weighted by molar-refractivity contribution is 7.89. The van der Waals surface area contributed by atoms with Gasteiger partial charge in [-0.05, 0) is 18.6 Å². The first-order valence-corrected chi connectivity index (χ1v) is 9.62. The molecule has 0 atom stereocenters. The fourth-order valence-electron chi connectivity index (χ4n) is 2.74. The zero-order chi connectivity index (χ0) is 17.0. The summed E-state index contributed by atoms with van der Waals surface area (Å²) in [6.45, 7) is 4.87. The molecular weight excluding hydrogens is 328 g/mol. The summed E-state index contributed by atoms with van der Waals surface area (Å²) in [5.74, 6) is 1.33. The van der Waals surface area contributed by atoms with Crippen molar-refractivity contribution in [3.63, 3.8) is 0 Å². The molecule has 130 valence electrons. The van der Waals surface area contributed by atoms with Gasteiger partial charge in [0.15, 0.2) is 5.82 Å². The van der Waals surface area contributed by atoms with E-state index in [1.807, 2.05) is 6.07 Å². The van der Waals surface area contributed by atoms with E-state index in [1.54, 1.807) is 24.3 Å². The molecule has 0 unspecified atom stereocenters. The van der Waals surface area contributed by atoms with Crippen molar-refractivity contribution in [1.29, 1.82) is 0 Å². The lowest BCUT2D eigenvalue weighted by Gasteiger charge is -2.33. The van der Waals surface area contributed by atoms with Crippen molar-refractivity contribution < 1.29 is 12.9 Å². The first-order chi connectivity index (χ1) is 11.6. The molecule has 2 heterocycles. The van der Waals surface area contributed by atoms with Gasteiger partial charge in [-0.1, -0.05) is 30.3 Å². The molecule has 7 nitrogen and oxygen atoms in total. The van der Waals surface area contributed by atoms with Gasteiger partial charge >= 0.3 is 0 Å². The van der Waals surface area contributed by atoms with Gasteiger partial charge in [0.1, 0.15) is 0 Å². The lowest BCUT2D eigenvalue weighted by atomic mass is 10.3. The summed E-state index contributed by atoms with van der Waals surface area (Å²) in [7, 11) is -3.41. The highest BCUT2D eigenvalue weighted by Gasteiger charge is 2.28. The standard InChI is InChI=1S/C16H22N4O3S/c1-2-6-15-17-16(23-18-15)13-19-9-11-20(12-10-19)24(21,22)14-7-4-3-5-8-14/h3-5,7-8H,2,6,9-13H2,1H3. The summed E-state index contributed by atoms with van der Waals surface area (Å²) in [5, 5.41) is 3.95. The van der Waals surface area contributed by atoms with Crippen LogP contribution in [0.25, 0.3) is 0 Å². The van der Waals surface area contributed by atoms with E-state index in [9.17, 15) is 8.42 Å². The van der Waals surface area contributed by atoms with Crippen LogP contribution in [0, 0.1) is 0 Å². The van der Waals surface area contributed by atoms with Gasteiger partial charge in [-0.15, -0.1) is 0 Å². The van der Waals surface area contributed by atoms with Crippen molar-refractivity contribution in [3.8, 4) is 0 Å². The number of benzene rings is 1. The molecule has 24 heavy (non-hydrogen) atoms. The zero-order valence-corrected chi connectivity index (χ0v) is 14.6. The minimum absolute atomic E-state index is 0.347. The number of rotatable bonds is 6. The SMILES string of the molecule is CCCc1noc(CN2CCN(S(=O)(=O)c3ccccc3)CC2)n1. The van der Waals surface area contributed by atoms with Crippen molar-refractivity contribution in [2.45, 2.75) is 31.2 Å². The molecule has 0 bridgehead atoms. The number of piperazine rings is 1. The van der Waals surface area contributed by atoms with Crippen LogP contribution < -0.4 is 0 Å². The molecule has 1 aromatic carbocycles. The van der Waals surface area contributed by atoms with Crippen LogP contribution in [0.3, 0.4) is 0 Å². The van der Waals surface area contributed by atoms with Crippen molar-refractivity contribution in [3.05, 3.63) is 42.0 Å². The quantitative estimate of drug-likeness (QED) is 0.786. The molecule has 0 N–H and O–H groups in total. The third-order valence-corrected chi connectivity index (χ3v) is 5.97. The molecule has 0 aliphatic carbocycles. The van der Waals surface area contributed by atoms with E-state index in [2.05, 4.69) is 22.0 Å². The molecular formula is C16H22N4O3S. The first-order valence-electron chi connectivity index (χ1n) is 8.18. The highest BCUT2D eigenvalue weighted by Crippen LogP contribution is 2.18. The van der Waals surface area contributed by atoms with Gasteiger partial charge < -0.3 is 4.52 Å². The van der Waals surface area contributed by atoms with Crippen LogP contribution >= 0.6 is 0 Å². The van der Waals surface area contributed by atoms with Crippen LogP contribution in [0.2, 0.25) is 0 Å². The third-order valence-electron chi connectivity index (χ3n) is 4.05. The Morgan fingerprint density at radius 3 is 2.50 bits per heavy atom. The van der Waals surface area contributed by atoms with Gasteiger partial charge in [0.25, 0.3) is 0 Å². The maximum atomic E-state index is 12.6. The van der Waals surface area contributed by atoms with E-state index in [1.165, 1.54) is 4.31 Å². The monoisotopic (exact) mass is 350 g/mol. The first kappa shape index (κ1) is 17.1. The number of aryl methyl sites for hydroxylation is 1. The van der Waals surface area contributed by atoms with Crippen molar-refractivity contribution in [1.82, 2.24) is 19.3 Å². The van der Waals surface area contributed by atoms with E-state index < -0.39 is 10.0 Å². The van der Waals surface area contributed by atoms with Gasteiger partial charge in [-0.3, -0.25) is 4.90 Å². The van der Waals surface area contributed by atoms with E-state index in [-0.39, 0.29) is 0 Å². The Morgan fingerprint density at radius 2 is 1.83 bits per heavy atom. The number of hydrogen-bond acceptors (Lipinski definition) is 6. The molecule has 8 heteroatoms. The highest BCUT2D eigenvalue weighted by atomic mass is 32.2. The average molecular weight is 350 g/mol. The molecule has 2 aromatic rings. The minimum Gasteiger partial charge on any atom is -0.338 e. The fraction of sp³-hybridized carbons (Fsp3) is 0.500. The van der Waals surface area contributed by atoms with Crippen LogP contribution in [0.1, 0.15) is 25.1 Å². The number of sulfonamides is 1. The second-order valence-corrected chi connectivity index (χ2v) is 7.79. The minimum atomic E-state index is -3.41. The topological polar surface area (TPSA) is 79.5 Å². The average Bonchev–Trinajstić information content (AvgIpc) is 3.04. The van der Waals surface area contributed by atoms with E-state index in [0.29, 0.717) is 43.5 Å². The zero-order valence-electron chi connectivity index (χ0n) is 13.8. The normalized spacial score (nSPS) is 17.2. The summed E-state index contributed by atoms with van der Waals surface area (Å²) < 4.78 is 32.0. The van der Waals surface area contributed by atoms with Gasteiger partial charge in [-0.25, -0.2) is 8.42 Å². The number of nitrogens with zero attached hydrogens (tertiary/aromatic N) is 4. The molecule has 0 saturated carbocycles. The Kier molecular flexibility index (Phi) is 5.27. The molecule has 0 radical (unpaired) electrons. The Bertz CT molecular complexity index is 753. The third kappa shape index (κ3) is 3.82. The Balaban J connectivity index is 1.57. The van der Waals surface area contributed by atoms with Gasteiger partial charge in [0.05, 0.1) is 11.4 Å². The molecule has 3 rings (SSSR count). The smallest absolute Gasteiger partial charge is 0.243 e. The van der Waals surface area contributed by atoms with Crippen LogP contribution in [0.15, 0.2) is 39.8 Å². The summed E-state index contributed by atoms with van der Waals surface area (Å²) in [5.41, 5.74) is 0. The van der Waals surface area contributed by atoms with Crippen molar-refractivity contribution in [2.24, 2.45) is 0 Å². The molecule has 1 aromatic heterocycles. The van der Waals surface area contributed by atoms with Gasteiger partial charge in [0.2, 0.25) is 15.9 Å². The maximum Gasteiger partial charge on any atom is 0.243 e. The summed E-state index contributed by atoms with van der Waals surface area (Å²) in [6.07, 6.45) is 1.79. The second-order valence-electron chi connectivity index (χ2n) is 5.85. The van der Waals surface area contributed by atoms with Crippen molar-refractivity contribution >= 4 is 10.0 Å². The summed E-state index contributed by atoms with van der Waals surface area (Å²) >= 11 is 0. The maximum absolute atomic E-state index is 12.6. The Morgan fingerprint density at radius 1 is 1.12 bits per heavy atom. The Hall–Kier alpha value is -1.77. The lowest BCUT2D eigenvalue weighted by Crippen LogP contribution is -2.48. The molecule has 1 aliphatic rings. The van der Waals surface area contributed by atoms with Crippen LogP contribution in [0.5, 0.6) is 0 Å². The van der Waals surface area contributed by atoms with Crippen molar-refractivity contribution in [2.75, 3.05) is 26.2 Å². The largest absolute Gasteiger partial charge is 0.338 e. The predicted octanol–water partition coefficient (Wildman–Crippen LogP) is 1.53. The molecule has 1 aliphatic heterocycles. The van der Waals surface area contributed by atoms with Crippen LogP contribution in [-0.4, -0.2) is 53.9 Å². The Labute approximate surface area is 142 Å².